The van der Waals surface area contributed by atoms with E-state index in [1.807, 2.05) is 11.9 Å². The van der Waals surface area contributed by atoms with Crippen LogP contribution in [-0.4, -0.2) is 51.2 Å². The Labute approximate surface area is 185 Å². The molecule has 1 aliphatic heterocycles. The van der Waals surface area contributed by atoms with Crippen LogP contribution in [0.4, 0.5) is 27.9 Å². The first-order chi connectivity index (χ1) is 15.3. The lowest BCUT2D eigenvalue weighted by molar-refractivity contribution is -0.140. The molecule has 0 radical (unpaired) electrons. The molecule has 0 amide bonds. The Morgan fingerprint density at radius 3 is 2.58 bits per heavy atom. The maximum Gasteiger partial charge on any atom is 0.419 e. The predicted molar refractivity (Wildman–Crippen MR) is 110 cm³/mol. The van der Waals surface area contributed by atoms with E-state index in [-0.39, 0.29) is 34.3 Å². The second-order valence-electron chi connectivity index (χ2n) is 8.78. The molecule has 1 unspecified atom stereocenters. The maximum atomic E-state index is 14.6. The first kappa shape index (κ1) is 23.1. The number of alkyl halides is 3. The number of anilines is 1. The van der Waals surface area contributed by atoms with Crippen LogP contribution in [0.25, 0.3) is 22.3 Å². The first-order valence-corrected chi connectivity index (χ1v) is 10.1. The van der Waals surface area contributed by atoms with E-state index in [2.05, 4.69) is 28.9 Å². The molecule has 1 N–H and O–H groups in total. The fraction of sp³-hybridized carbons (Fsp3) is 0.476. The Morgan fingerprint density at radius 2 is 1.94 bits per heavy atom. The summed E-state index contributed by atoms with van der Waals surface area (Å²) in [7, 11) is 3.33. The molecule has 3 aromatic rings. The number of phenols is 1. The molecule has 1 atom stereocenters. The van der Waals surface area contributed by atoms with Crippen molar-refractivity contribution >= 4 is 17.0 Å². The lowest BCUT2D eigenvalue weighted by Gasteiger charge is -2.43. The Morgan fingerprint density at radius 1 is 1.24 bits per heavy atom. The Bertz CT molecular complexity index is 1220. The maximum absolute atomic E-state index is 14.6. The number of fused-ring (bicyclic) bond motifs is 1. The molecule has 4 rings (SSSR count). The third-order valence-electron chi connectivity index (χ3n) is 6.00. The van der Waals surface area contributed by atoms with Gasteiger partial charge in [-0.05, 0) is 12.5 Å². The van der Waals surface area contributed by atoms with Crippen LogP contribution in [0.3, 0.4) is 0 Å². The van der Waals surface area contributed by atoms with E-state index in [1.54, 1.807) is 0 Å². The smallest absolute Gasteiger partial charge is 0.419 e. The number of aryl methyl sites for hydroxylation is 1. The number of halogens is 5. The number of aromatic hydroxyl groups is 1. The molecule has 33 heavy (non-hydrogen) atoms. The molecule has 1 saturated heterocycles. The lowest BCUT2D eigenvalue weighted by Crippen LogP contribution is -2.50. The molecule has 0 spiro atoms. The zero-order valence-corrected chi connectivity index (χ0v) is 18.3. The van der Waals surface area contributed by atoms with Gasteiger partial charge < -0.3 is 14.7 Å². The molecule has 12 heteroatoms. The predicted octanol–water partition coefficient (Wildman–Crippen LogP) is 4.28. The van der Waals surface area contributed by atoms with Gasteiger partial charge in [0.25, 0.3) is 0 Å². The van der Waals surface area contributed by atoms with Crippen LogP contribution in [0.1, 0.15) is 25.8 Å². The Hall–Kier alpha value is -3.02. The van der Waals surface area contributed by atoms with Gasteiger partial charge in [-0.2, -0.15) is 23.3 Å². The van der Waals surface area contributed by atoms with Crippen molar-refractivity contribution in [3.63, 3.8) is 0 Å². The summed E-state index contributed by atoms with van der Waals surface area (Å²) in [5.41, 5.74) is -2.68. The molecule has 0 aliphatic carbocycles. The highest BCUT2D eigenvalue weighted by Gasteiger charge is 2.39. The van der Waals surface area contributed by atoms with Gasteiger partial charge in [-0.1, -0.05) is 13.8 Å². The van der Waals surface area contributed by atoms with Crippen molar-refractivity contribution in [2.75, 3.05) is 25.2 Å². The number of benzene rings is 1. The van der Waals surface area contributed by atoms with Crippen LogP contribution in [0.15, 0.2) is 12.3 Å². The normalized spacial score (nSPS) is 18.6. The van der Waals surface area contributed by atoms with Crippen molar-refractivity contribution in [1.29, 1.82) is 0 Å². The fourth-order valence-corrected chi connectivity index (χ4v) is 4.27. The summed E-state index contributed by atoms with van der Waals surface area (Å²) < 4.78 is 75.0. The third kappa shape index (κ3) is 3.85. The average Bonchev–Trinajstić information content (AvgIpc) is 3.06. The van der Waals surface area contributed by atoms with E-state index in [1.165, 1.54) is 17.9 Å². The van der Waals surface area contributed by atoms with Crippen molar-refractivity contribution in [2.45, 2.75) is 32.5 Å². The second kappa shape index (κ2) is 7.79. The van der Waals surface area contributed by atoms with Crippen molar-refractivity contribution in [1.82, 2.24) is 19.7 Å². The van der Waals surface area contributed by atoms with Gasteiger partial charge in [0.15, 0.2) is 23.0 Å². The number of phenolic OH excluding ortho intramolecular Hbond substituents is 1. The number of rotatable bonds is 3. The number of nitrogens with zero attached hydrogens (tertiary/aromatic N) is 5. The number of aromatic nitrogens is 4. The SMILES string of the molecule is CN(c1ncc2c(-c3cc(C(F)(F)F)c(F)c(O)c3F)nn(C)c2n1)C1CCOCC1(C)C. The Balaban J connectivity index is 1.82. The highest BCUT2D eigenvalue weighted by molar-refractivity contribution is 5.91. The molecule has 178 valence electrons. The number of hydrogen-bond acceptors (Lipinski definition) is 6. The van der Waals surface area contributed by atoms with Gasteiger partial charge >= 0.3 is 6.18 Å². The van der Waals surface area contributed by atoms with Crippen molar-refractivity contribution in [3.8, 4) is 17.0 Å². The molecule has 0 bridgehead atoms. The fourth-order valence-electron chi connectivity index (χ4n) is 4.27. The molecular formula is C21H22F5N5O2. The molecule has 1 aromatic carbocycles. The summed E-state index contributed by atoms with van der Waals surface area (Å²) in [6.45, 7) is 5.28. The van der Waals surface area contributed by atoms with Gasteiger partial charge in [-0.25, -0.2) is 18.4 Å². The number of ether oxygens (including phenoxy) is 1. The van der Waals surface area contributed by atoms with Crippen LogP contribution in [0.5, 0.6) is 5.75 Å². The monoisotopic (exact) mass is 471 g/mol. The van der Waals surface area contributed by atoms with Crippen LogP contribution < -0.4 is 4.90 Å². The van der Waals surface area contributed by atoms with E-state index in [9.17, 15) is 27.1 Å². The topological polar surface area (TPSA) is 76.3 Å². The van der Waals surface area contributed by atoms with Gasteiger partial charge in [-0.3, -0.25) is 0 Å². The van der Waals surface area contributed by atoms with E-state index >= 15 is 0 Å². The lowest BCUT2D eigenvalue weighted by atomic mass is 9.81. The molecule has 7 nitrogen and oxygen atoms in total. The summed E-state index contributed by atoms with van der Waals surface area (Å²) in [5.74, 6) is -5.00. The first-order valence-electron chi connectivity index (χ1n) is 10.1. The Kier molecular flexibility index (Phi) is 5.46. The minimum atomic E-state index is -5.14. The van der Waals surface area contributed by atoms with Crippen molar-refractivity contribution < 1.29 is 31.8 Å². The zero-order valence-electron chi connectivity index (χ0n) is 18.3. The minimum Gasteiger partial charge on any atom is -0.503 e. The summed E-state index contributed by atoms with van der Waals surface area (Å²) in [4.78, 5) is 10.7. The van der Waals surface area contributed by atoms with Crippen LogP contribution in [-0.2, 0) is 18.0 Å². The van der Waals surface area contributed by atoms with Gasteiger partial charge in [0, 0.05) is 43.9 Å². The summed E-state index contributed by atoms with van der Waals surface area (Å²) in [6, 6.07) is 0.355. The van der Waals surface area contributed by atoms with Gasteiger partial charge in [0.2, 0.25) is 5.95 Å². The summed E-state index contributed by atoms with van der Waals surface area (Å²) >= 11 is 0. The van der Waals surface area contributed by atoms with Crippen molar-refractivity contribution in [2.24, 2.45) is 12.5 Å². The average molecular weight is 471 g/mol. The molecule has 0 saturated carbocycles. The third-order valence-corrected chi connectivity index (χ3v) is 6.00. The van der Waals surface area contributed by atoms with Crippen LogP contribution >= 0.6 is 0 Å². The van der Waals surface area contributed by atoms with Crippen molar-refractivity contribution in [3.05, 3.63) is 29.5 Å². The molecule has 1 fully saturated rings. The summed E-state index contributed by atoms with van der Waals surface area (Å²) in [6.07, 6.45) is -3.06. The molecule has 2 aromatic heterocycles. The zero-order chi connectivity index (χ0) is 24.3. The summed E-state index contributed by atoms with van der Waals surface area (Å²) in [5, 5.41) is 13.9. The van der Waals surface area contributed by atoms with Crippen LogP contribution in [0, 0.1) is 17.0 Å². The molecular weight excluding hydrogens is 449 g/mol. The standard InChI is InChI=1S/C21H22F5N5O2/c1-20(2)9-33-6-5-13(20)30(3)19-27-8-11-16(29-31(4)18(11)28-19)10-7-12(21(24,25)26)15(23)17(32)14(10)22/h7-8,13,32H,5-6,9H2,1-4H3. The van der Waals surface area contributed by atoms with E-state index in [4.69, 9.17) is 4.74 Å². The molecule has 1 aliphatic rings. The highest BCUT2D eigenvalue weighted by atomic mass is 19.4. The van der Waals surface area contributed by atoms with E-state index in [0.717, 1.165) is 6.42 Å². The van der Waals surface area contributed by atoms with Gasteiger partial charge in [0.1, 0.15) is 5.69 Å². The quantitative estimate of drug-likeness (QED) is 0.575. The van der Waals surface area contributed by atoms with Crippen LogP contribution in [0.2, 0.25) is 0 Å². The highest BCUT2D eigenvalue weighted by Crippen LogP contribution is 2.41. The minimum absolute atomic E-state index is 0.0669. The van der Waals surface area contributed by atoms with Gasteiger partial charge in [-0.15, -0.1) is 0 Å². The van der Waals surface area contributed by atoms with E-state index < -0.39 is 34.7 Å². The number of hydrogen-bond donors (Lipinski definition) is 1. The molecule has 3 heterocycles. The van der Waals surface area contributed by atoms with Gasteiger partial charge in [0.05, 0.1) is 17.6 Å². The largest absolute Gasteiger partial charge is 0.503 e. The van der Waals surface area contributed by atoms with E-state index in [0.29, 0.717) is 19.2 Å². The second-order valence-corrected chi connectivity index (χ2v) is 8.78.